The number of allylic oxidation sites excluding steroid dienone is 4. The molecular weight excluding hydrogens is 216 g/mol. The highest BCUT2D eigenvalue weighted by molar-refractivity contribution is 5.70. The number of methoxy groups -OCH3 is 1. The summed E-state index contributed by atoms with van der Waals surface area (Å²) in [5.74, 6) is 5.29. The number of ether oxygens (including phenoxy) is 1. The number of carbonyl (C=O) groups is 1. The Labute approximate surface area is 102 Å². The van der Waals surface area contributed by atoms with E-state index in [1.165, 1.54) is 19.3 Å². The van der Waals surface area contributed by atoms with Crippen molar-refractivity contribution >= 4 is 5.97 Å². The molecule has 0 aliphatic carbocycles. The van der Waals surface area contributed by atoms with Gasteiger partial charge in [0.25, 0.3) is 0 Å². The van der Waals surface area contributed by atoms with Crippen molar-refractivity contribution in [2.75, 3.05) is 7.11 Å². The molecule has 0 saturated carbocycles. The van der Waals surface area contributed by atoms with Crippen LogP contribution in [0.2, 0.25) is 0 Å². The van der Waals surface area contributed by atoms with Crippen LogP contribution in [0.15, 0.2) is 36.1 Å². The Morgan fingerprint density at radius 1 is 1.53 bits per heavy atom. The molecule has 0 fully saturated rings. The number of hydrogen-bond donors (Lipinski definition) is 1. The van der Waals surface area contributed by atoms with Crippen LogP contribution in [0, 0.1) is 17.8 Å². The van der Waals surface area contributed by atoms with E-state index in [1.54, 1.807) is 13.0 Å². The standard InChI is InChI=1S/C14H18O3/c1-5-7-12(10-14(16)17-4)11(3)8-9-13(15)6-2/h6,8-9,12,15H,2,10H2,1,3-4H3/b11-8+,13-9+. The van der Waals surface area contributed by atoms with E-state index in [0.29, 0.717) is 0 Å². The van der Waals surface area contributed by atoms with Gasteiger partial charge < -0.3 is 9.84 Å². The predicted octanol–water partition coefficient (Wildman–Crippen LogP) is 2.76. The average molecular weight is 234 g/mol. The lowest BCUT2D eigenvalue weighted by Crippen LogP contribution is -2.09. The summed E-state index contributed by atoms with van der Waals surface area (Å²) in [6.45, 7) is 7.00. The Bertz CT molecular complexity index is 391. The van der Waals surface area contributed by atoms with Gasteiger partial charge in [-0.15, -0.1) is 5.92 Å². The molecule has 0 aromatic carbocycles. The zero-order valence-corrected chi connectivity index (χ0v) is 10.5. The summed E-state index contributed by atoms with van der Waals surface area (Å²) >= 11 is 0. The largest absolute Gasteiger partial charge is 0.508 e. The van der Waals surface area contributed by atoms with Crippen molar-refractivity contribution in [1.82, 2.24) is 0 Å². The van der Waals surface area contributed by atoms with Crippen LogP contribution in [0.1, 0.15) is 20.3 Å². The van der Waals surface area contributed by atoms with E-state index in [0.717, 1.165) is 5.57 Å². The van der Waals surface area contributed by atoms with Crippen molar-refractivity contribution in [3.8, 4) is 11.8 Å². The van der Waals surface area contributed by atoms with Crippen molar-refractivity contribution in [3.05, 3.63) is 36.1 Å². The van der Waals surface area contributed by atoms with Gasteiger partial charge in [-0.3, -0.25) is 4.79 Å². The van der Waals surface area contributed by atoms with Gasteiger partial charge in [0.2, 0.25) is 0 Å². The van der Waals surface area contributed by atoms with Gasteiger partial charge in [0.15, 0.2) is 0 Å². The highest BCUT2D eigenvalue weighted by atomic mass is 16.5. The van der Waals surface area contributed by atoms with Gasteiger partial charge >= 0.3 is 5.97 Å². The van der Waals surface area contributed by atoms with Crippen molar-refractivity contribution in [2.24, 2.45) is 5.92 Å². The first-order valence-corrected chi connectivity index (χ1v) is 5.24. The molecule has 0 bridgehead atoms. The lowest BCUT2D eigenvalue weighted by Gasteiger charge is -2.09. The molecule has 0 heterocycles. The number of rotatable bonds is 5. The van der Waals surface area contributed by atoms with Crippen LogP contribution in [0.25, 0.3) is 0 Å². The molecular formula is C14H18O3. The van der Waals surface area contributed by atoms with Gasteiger partial charge in [-0.2, -0.15) is 0 Å². The van der Waals surface area contributed by atoms with E-state index in [2.05, 4.69) is 23.2 Å². The molecule has 0 aromatic heterocycles. The van der Waals surface area contributed by atoms with E-state index in [1.807, 2.05) is 6.92 Å². The normalized spacial score (nSPS) is 13.4. The Hall–Kier alpha value is -1.95. The molecule has 0 radical (unpaired) electrons. The number of aliphatic hydroxyl groups excluding tert-OH is 1. The molecule has 0 rings (SSSR count). The van der Waals surface area contributed by atoms with Gasteiger partial charge in [-0.25, -0.2) is 0 Å². The number of hydrogen-bond acceptors (Lipinski definition) is 3. The third kappa shape index (κ3) is 6.26. The first-order valence-electron chi connectivity index (χ1n) is 5.24. The summed E-state index contributed by atoms with van der Waals surface area (Å²) in [7, 11) is 1.35. The summed E-state index contributed by atoms with van der Waals surface area (Å²) in [5, 5.41) is 9.22. The van der Waals surface area contributed by atoms with Crippen molar-refractivity contribution in [3.63, 3.8) is 0 Å². The van der Waals surface area contributed by atoms with Crippen LogP contribution in [-0.4, -0.2) is 18.2 Å². The van der Waals surface area contributed by atoms with E-state index < -0.39 is 0 Å². The Morgan fingerprint density at radius 2 is 2.18 bits per heavy atom. The first-order chi connectivity index (χ1) is 8.04. The Kier molecular flexibility index (Phi) is 7.29. The molecule has 1 N–H and O–H groups in total. The van der Waals surface area contributed by atoms with Crippen LogP contribution >= 0.6 is 0 Å². The van der Waals surface area contributed by atoms with Gasteiger partial charge in [0.05, 0.1) is 19.4 Å². The minimum atomic E-state index is -0.303. The SMILES string of the molecule is C=C/C(O)=C\C=C(/C)C(C#CC)CC(=O)OC. The van der Waals surface area contributed by atoms with E-state index in [4.69, 9.17) is 0 Å². The number of carbonyl (C=O) groups excluding carboxylic acids is 1. The molecule has 0 aliphatic heterocycles. The average Bonchev–Trinajstić information content (AvgIpc) is 2.34. The molecule has 0 saturated heterocycles. The summed E-state index contributed by atoms with van der Waals surface area (Å²) < 4.78 is 4.61. The third-order valence-electron chi connectivity index (χ3n) is 2.19. The van der Waals surface area contributed by atoms with Crippen molar-refractivity contribution < 1.29 is 14.6 Å². The van der Waals surface area contributed by atoms with Gasteiger partial charge in [-0.05, 0) is 26.0 Å². The molecule has 0 amide bonds. The summed E-state index contributed by atoms with van der Waals surface area (Å²) in [4.78, 5) is 11.2. The molecule has 1 atom stereocenters. The fourth-order valence-electron chi connectivity index (χ4n) is 1.15. The molecule has 3 heteroatoms. The number of esters is 1. The fourth-order valence-corrected chi connectivity index (χ4v) is 1.15. The van der Waals surface area contributed by atoms with Crippen LogP contribution in [-0.2, 0) is 9.53 Å². The maximum absolute atomic E-state index is 11.2. The van der Waals surface area contributed by atoms with Crippen molar-refractivity contribution in [1.29, 1.82) is 0 Å². The second kappa shape index (κ2) is 8.23. The molecule has 0 aromatic rings. The summed E-state index contributed by atoms with van der Waals surface area (Å²) in [6.07, 6.45) is 4.78. The van der Waals surface area contributed by atoms with E-state index >= 15 is 0 Å². The maximum Gasteiger partial charge on any atom is 0.307 e. The minimum absolute atomic E-state index is 0.0747. The predicted molar refractivity (Wildman–Crippen MR) is 68.2 cm³/mol. The van der Waals surface area contributed by atoms with Crippen LogP contribution in [0.3, 0.4) is 0 Å². The van der Waals surface area contributed by atoms with E-state index in [9.17, 15) is 9.90 Å². The maximum atomic E-state index is 11.2. The van der Waals surface area contributed by atoms with Gasteiger partial charge in [0.1, 0.15) is 5.76 Å². The van der Waals surface area contributed by atoms with Gasteiger partial charge in [-0.1, -0.05) is 24.1 Å². The monoisotopic (exact) mass is 234 g/mol. The lowest BCUT2D eigenvalue weighted by molar-refractivity contribution is -0.141. The highest BCUT2D eigenvalue weighted by Gasteiger charge is 2.13. The molecule has 1 unspecified atom stereocenters. The van der Waals surface area contributed by atoms with Crippen LogP contribution in [0.5, 0.6) is 0 Å². The Balaban J connectivity index is 4.86. The molecule has 0 aliphatic rings. The molecule has 0 spiro atoms. The smallest absolute Gasteiger partial charge is 0.307 e. The quantitative estimate of drug-likeness (QED) is 0.344. The second-order valence-electron chi connectivity index (χ2n) is 3.43. The van der Waals surface area contributed by atoms with Crippen LogP contribution in [0.4, 0.5) is 0 Å². The zero-order valence-electron chi connectivity index (χ0n) is 10.5. The zero-order chi connectivity index (χ0) is 13.3. The highest BCUT2D eigenvalue weighted by Crippen LogP contribution is 2.15. The molecule has 3 nitrogen and oxygen atoms in total. The van der Waals surface area contributed by atoms with Crippen LogP contribution < -0.4 is 0 Å². The number of aliphatic hydroxyl groups is 1. The first kappa shape index (κ1) is 15.0. The third-order valence-corrected chi connectivity index (χ3v) is 2.19. The topological polar surface area (TPSA) is 46.5 Å². The van der Waals surface area contributed by atoms with E-state index in [-0.39, 0.29) is 24.1 Å². The second-order valence-corrected chi connectivity index (χ2v) is 3.43. The minimum Gasteiger partial charge on any atom is -0.508 e. The summed E-state index contributed by atoms with van der Waals surface area (Å²) in [6, 6.07) is 0. The lowest BCUT2D eigenvalue weighted by atomic mass is 9.97. The molecule has 17 heavy (non-hydrogen) atoms. The van der Waals surface area contributed by atoms with Crippen molar-refractivity contribution in [2.45, 2.75) is 20.3 Å². The molecule has 92 valence electrons. The van der Waals surface area contributed by atoms with Gasteiger partial charge in [0, 0.05) is 0 Å². The fraction of sp³-hybridized carbons (Fsp3) is 0.357. The summed E-state index contributed by atoms with van der Waals surface area (Å²) in [5.41, 5.74) is 0.887. The Morgan fingerprint density at radius 3 is 2.65 bits per heavy atom.